The third-order valence-electron chi connectivity index (χ3n) is 4.59. The summed E-state index contributed by atoms with van der Waals surface area (Å²) in [4.78, 5) is 14.3. The lowest BCUT2D eigenvalue weighted by atomic mass is 10.00. The maximum absolute atomic E-state index is 12.1. The lowest BCUT2D eigenvalue weighted by Gasteiger charge is -2.31. The molecule has 2 rings (SSSR count). The van der Waals surface area contributed by atoms with E-state index in [9.17, 15) is 4.79 Å². The van der Waals surface area contributed by atoms with Crippen LogP contribution in [0.3, 0.4) is 0 Å². The third kappa shape index (κ3) is 6.15. The van der Waals surface area contributed by atoms with Gasteiger partial charge in [0.05, 0.1) is 5.75 Å². The number of amides is 1. The number of carbonyl (C=O) groups excluding carboxylic acids is 1. The molecule has 0 aromatic heterocycles. The van der Waals surface area contributed by atoms with Gasteiger partial charge in [0, 0.05) is 19.1 Å². The lowest BCUT2D eigenvalue weighted by Crippen LogP contribution is -2.38. The molecular formula is C16H28N2OS2. The number of likely N-dealkylation sites (tertiary alicyclic amines) is 1. The van der Waals surface area contributed by atoms with E-state index in [0.29, 0.717) is 11.8 Å². The molecular weight excluding hydrogens is 300 g/mol. The lowest BCUT2D eigenvalue weighted by molar-refractivity contribution is -0.119. The quantitative estimate of drug-likeness (QED) is 0.634. The second-order valence-corrected chi connectivity index (χ2v) is 8.09. The fraction of sp³-hybridized carbons (Fsp3) is 0.875. The number of nitrogens with one attached hydrogen (secondary N) is 1. The molecule has 2 aliphatic rings. The number of thioether (sulfide) groups is 1. The van der Waals surface area contributed by atoms with Crippen LogP contribution >= 0.6 is 24.0 Å². The Labute approximate surface area is 138 Å². The van der Waals surface area contributed by atoms with E-state index in [2.05, 4.69) is 17.1 Å². The highest BCUT2D eigenvalue weighted by atomic mass is 32.2. The highest BCUT2D eigenvalue weighted by molar-refractivity contribution is 8.23. The van der Waals surface area contributed by atoms with Gasteiger partial charge >= 0.3 is 0 Å². The van der Waals surface area contributed by atoms with E-state index in [4.69, 9.17) is 12.2 Å². The van der Waals surface area contributed by atoms with Crippen LogP contribution in [0.5, 0.6) is 0 Å². The number of hydrogen-bond acceptors (Lipinski definition) is 3. The predicted octanol–water partition coefficient (Wildman–Crippen LogP) is 3.58. The van der Waals surface area contributed by atoms with Gasteiger partial charge in [0.1, 0.15) is 4.32 Å². The molecule has 0 spiro atoms. The zero-order chi connectivity index (χ0) is 15.1. The molecule has 3 nitrogen and oxygen atoms in total. The second-order valence-electron chi connectivity index (χ2n) is 6.48. The van der Waals surface area contributed by atoms with Gasteiger partial charge in [-0.25, -0.2) is 0 Å². The van der Waals surface area contributed by atoms with Crippen molar-refractivity contribution in [2.24, 2.45) is 5.92 Å². The first kappa shape index (κ1) is 17.1. The summed E-state index contributed by atoms with van der Waals surface area (Å²) in [7, 11) is 0. The van der Waals surface area contributed by atoms with E-state index in [-0.39, 0.29) is 5.91 Å². The molecule has 1 heterocycles. The van der Waals surface area contributed by atoms with Crippen LogP contribution in [0, 0.1) is 5.92 Å². The van der Waals surface area contributed by atoms with Gasteiger partial charge < -0.3 is 10.2 Å². The second kappa shape index (κ2) is 8.99. The van der Waals surface area contributed by atoms with E-state index in [1.54, 1.807) is 0 Å². The summed E-state index contributed by atoms with van der Waals surface area (Å²) in [6.07, 6.45) is 9.86. The summed E-state index contributed by atoms with van der Waals surface area (Å²) in [5.74, 6) is 1.44. The highest BCUT2D eigenvalue weighted by Gasteiger charge is 2.19. The normalized spacial score (nSPS) is 21.9. The van der Waals surface area contributed by atoms with Crippen LogP contribution in [-0.4, -0.2) is 40.0 Å². The Bertz CT molecular complexity index is 346. The van der Waals surface area contributed by atoms with Gasteiger partial charge in [-0.3, -0.25) is 4.79 Å². The van der Waals surface area contributed by atoms with Crippen molar-refractivity contribution in [1.29, 1.82) is 0 Å². The molecule has 0 aromatic rings. The molecule has 1 amide bonds. The SMILES string of the molecule is CC1CCN(C(=S)SCC(=O)NC2CCCCCC2)CC1. The minimum absolute atomic E-state index is 0.152. The Morgan fingerprint density at radius 1 is 1.14 bits per heavy atom. The van der Waals surface area contributed by atoms with Crippen molar-refractivity contribution >= 4 is 34.2 Å². The van der Waals surface area contributed by atoms with Crippen LogP contribution in [0.25, 0.3) is 0 Å². The number of nitrogens with zero attached hydrogens (tertiary/aromatic N) is 1. The Hall–Kier alpha value is -0.290. The molecule has 5 heteroatoms. The molecule has 0 unspecified atom stereocenters. The van der Waals surface area contributed by atoms with Gasteiger partial charge in [-0.2, -0.15) is 0 Å². The molecule has 0 radical (unpaired) electrons. The zero-order valence-electron chi connectivity index (χ0n) is 13.1. The smallest absolute Gasteiger partial charge is 0.230 e. The first-order chi connectivity index (χ1) is 10.1. The van der Waals surface area contributed by atoms with Gasteiger partial charge in [0.2, 0.25) is 5.91 Å². The predicted molar refractivity (Wildman–Crippen MR) is 94.7 cm³/mol. The molecule has 0 bridgehead atoms. The van der Waals surface area contributed by atoms with Crippen molar-refractivity contribution in [1.82, 2.24) is 10.2 Å². The molecule has 0 aromatic carbocycles. The van der Waals surface area contributed by atoms with Crippen LogP contribution in [-0.2, 0) is 4.79 Å². The average molecular weight is 329 g/mol. The third-order valence-corrected chi connectivity index (χ3v) is 6.11. The maximum Gasteiger partial charge on any atom is 0.230 e. The Kier molecular flexibility index (Phi) is 7.30. The van der Waals surface area contributed by atoms with Crippen molar-refractivity contribution in [2.45, 2.75) is 64.3 Å². The van der Waals surface area contributed by atoms with Crippen LogP contribution in [0.2, 0.25) is 0 Å². The summed E-state index contributed by atoms with van der Waals surface area (Å²) >= 11 is 7.00. The van der Waals surface area contributed by atoms with Gasteiger partial charge in [-0.1, -0.05) is 56.6 Å². The van der Waals surface area contributed by atoms with Crippen molar-refractivity contribution < 1.29 is 4.79 Å². The number of carbonyl (C=O) groups is 1. The topological polar surface area (TPSA) is 32.3 Å². The Morgan fingerprint density at radius 2 is 1.76 bits per heavy atom. The molecule has 1 saturated heterocycles. The van der Waals surface area contributed by atoms with E-state index < -0.39 is 0 Å². The zero-order valence-corrected chi connectivity index (χ0v) is 14.7. The molecule has 1 saturated carbocycles. The standard InChI is InChI=1S/C16H28N2OS2/c1-13-8-10-18(11-9-13)16(20)21-12-15(19)17-14-6-4-2-3-5-7-14/h13-14H,2-12H2,1H3,(H,17,19). The maximum atomic E-state index is 12.1. The first-order valence-electron chi connectivity index (χ1n) is 8.36. The Balaban J connectivity index is 1.64. The largest absolute Gasteiger partial charge is 0.357 e. The fourth-order valence-electron chi connectivity index (χ4n) is 3.10. The molecule has 2 fully saturated rings. The van der Waals surface area contributed by atoms with Crippen LogP contribution in [0.15, 0.2) is 0 Å². The number of piperidine rings is 1. The van der Waals surface area contributed by atoms with Crippen molar-refractivity contribution in [3.63, 3.8) is 0 Å². The fourth-order valence-corrected chi connectivity index (χ4v) is 4.17. The number of hydrogen-bond donors (Lipinski definition) is 1. The minimum atomic E-state index is 0.152. The summed E-state index contributed by atoms with van der Waals surface area (Å²) in [6.45, 7) is 4.40. The van der Waals surface area contributed by atoms with Crippen LogP contribution in [0.4, 0.5) is 0 Å². The summed E-state index contributed by atoms with van der Waals surface area (Å²) < 4.78 is 0.901. The monoisotopic (exact) mass is 328 g/mol. The molecule has 0 atom stereocenters. The molecule has 120 valence electrons. The van der Waals surface area contributed by atoms with E-state index in [1.165, 1.54) is 50.3 Å². The highest BCUT2D eigenvalue weighted by Crippen LogP contribution is 2.21. The summed E-state index contributed by atoms with van der Waals surface area (Å²) in [5, 5.41) is 3.19. The van der Waals surface area contributed by atoms with Crippen LogP contribution < -0.4 is 5.32 Å². The van der Waals surface area contributed by atoms with Gasteiger partial charge in [-0.05, 0) is 31.6 Å². The van der Waals surface area contributed by atoms with Gasteiger partial charge in [0.25, 0.3) is 0 Å². The van der Waals surface area contributed by atoms with Crippen molar-refractivity contribution in [3.8, 4) is 0 Å². The van der Waals surface area contributed by atoms with Crippen molar-refractivity contribution in [2.75, 3.05) is 18.8 Å². The average Bonchev–Trinajstić information content (AvgIpc) is 2.74. The van der Waals surface area contributed by atoms with Crippen molar-refractivity contribution in [3.05, 3.63) is 0 Å². The van der Waals surface area contributed by atoms with Gasteiger partial charge in [0.15, 0.2) is 0 Å². The van der Waals surface area contributed by atoms with E-state index in [1.807, 2.05) is 0 Å². The molecule has 1 aliphatic heterocycles. The van der Waals surface area contributed by atoms with E-state index >= 15 is 0 Å². The number of rotatable bonds is 3. The van der Waals surface area contributed by atoms with Crippen LogP contribution in [0.1, 0.15) is 58.3 Å². The summed E-state index contributed by atoms with van der Waals surface area (Å²) in [6, 6.07) is 0.394. The molecule has 1 N–H and O–H groups in total. The van der Waals surface area contributed by atoms with E-state index in [0.717, 1.165) is 36.2 Å². The molecule has 1 aliphatic carbocycles. The summed E-state index contributed by atoms with van der Waals surface area (Å²) in [5.41, 5.74) is 0. The Morgan fingerprint density at radius 3 is 2.38 bits per heavy atom. The van der Waals surface area contributed by atoms with Gasteiger partial charge in [-0.15, -0.1) is 0 Å². The molecule has 21 heavy (non-hydrogen) atoms. The number of thiocarbonyl (C=S) groups is 1. The first-order valence-corrected chi connectivity index (χ1v) is 9.75. The minimum Gasteiger partial charge on any atom is -0.357 e.